The van der Waals surface area contributed by atoms with Crippen molar-refractivity contribution in [1.82, 2.24) is 15.3 Å². The average Bonchev–Trinajstić information content (AvgIpc) is 2.40. The minimum absolute atomic E-state index is 0.530. The fourth-order valence-electron chi connectivity index (χ4n) is 1.80. The molecule has 4 heteroatoms. The van der Waals surface area contributed by atoms with Gasteiger partial charge in [-0.1, -0.05) is 24.6 Å². The number of hydrogen-bond acceptors (Lipinski definition) is 4. The van der Waals surface area contributed by atoms with Gasteiger partial charge in [0.2, 0.25) is 5.88 Å². The number of aryl methyl sites for hydroxylation is 2. The highest BCUT2D eigenvalue weighted by Crippen LogP contribution is 2.23. The molecule has 19 heavy (non-hydrogen) atoms. The van der Waals surface area contributed by atoms with Gasteiger partial charge in [-0.2, -0.15) is 0 Å². The molecule has 0 fully saturated rings. The summed E-state index contributed by atoms with van der Waals surface area (Å²) in [5.74, 6) is 1.35. The Hall–Kier alpha value is -1.94. The van der Waals surface area contributed by atoms with Crippen molar-refractivity contribution in [2.75, 3.05) is 6.54 Å². The van der Waals surface area contributed by atoms with Crippen LogP contribution in [0.4, 0.5) is 0 Å². The van der Waals surface area contributed by atoms with E-state index in [1.807, 2.05) is 19.1 Å². The Bertz CT molecular complexity index is 555. The van der Waals surface area contributed by atoms with Gasteiger partial charge in [0.25, 0.3) is 0 Å². The maximum absolute atomic E-state index is 5.78. The van der Waals surface area contributed by atoms with Crippen molar-refractivity contribution >= 4 is 0 Å². The first-order chi connectivity index (χ1) is 9.19. The third-order valence-corrected chi connectivity index (χ3v) is 2.76. The first-order valence-electron chi connectivity index (χ1n) is 6.46. The van der Waals surface area contributed by atoms with Crippen molar-refractivity contribution in [3.63, 3.8) is 0 Å². The van der Waals surface area contributed by atoms with E-state index >= 15 is 0 Å². The van der Waals surface area contributed by atoms with Gasteiger partial charge in [0.1, 0.15) is 5.75 Å². The molecule has 0 unspecified atom stereocenters. The lowest BCUT2D eigenvalue weighted by atomic mass is 10.1. The smallest absolute Gasteiger partial charge is 0.238 e. The Morgan fingerprint density at radius 2 is 2.05 bits per heavy atom. The third kappa shape index (κ3) is 3.76. The number of nitrogens with one attached hydrogen (secondary N) is 1. The highest BCUT2D eigenvalue weighted by molar-refractivity contribution is 5.37. The topological polar surface area (TPSA) is 47.0 Å². The average molecular weight is 257 g/mol. The van der Waals surface area contributed by atoms with Crippen molar-refractivity contribution < 1.29 is 4.74 Å². The number of rotatable bonds is 5. The van der Waals surface area contributed by atoms with Gasteiger partial charge in [-0.3, -0.25) is 4.98 Å². The van der Waals surface area contributed by atoms with E-state index < -0.39 is 0 Å². The normalized spacial score (nSPS) is 10.5. The Kier molecular flexibility index (Phi) is 4.47. The zero-order valence-corrected chi connectivity index (χ0v) is 11.6. The molecule has 0 atom stereocenters. The summed E-state index contributed by atoms with van der Waals surface area (Å²) < 4.78 is 5.78. The molecule has 0 aliphatic rings. The van der Waals surface area contributed by atoms with Crippen LogP contribution in [0, 0.1) is 13.8 Å². The lowest BCUT2D eigenvalue weighted by molar-refractivity contribution is 0.453. The van der Waals surface area contributed by atoms with Gasteiger partial charge in [-0.05, 0) is 32.0 Å². The van der Waals surface area contributed by atoms with Gasteiger partial charge in [-0.25, -0.2) is 4.98 Å². The molecule has 0 aliphatic carbocycles. The van der Waals surface area contributed by atoms with E-state index in [1.54, 1.807) is 12.4 Å². The molecule has 0 amide bonds. The first kappa shape index (κ1) is 13.5. The SMILES string of the molecule is CCNCc1cncc(Oc2ccc(C)cc2C)n1. The molecule has 1 aromatic heterocycles. The fraction of sp³-hybridized carbons (Fsp3) is 0.333. The summed E-state index contributed by atoms with van der Waals surface area (Å²) in [5.41, 5.74) is 3.19. The van der Waals surface area contributed by atoms with E-state index in [2.05, 4.69) is 35.2 Å². The standard InChI is InChI=1S/C15H19N3O/c1-4-16-8-13-9-17-10-15(18-13)19-14-6-5-11(2)7-12(14)3/h5-7,9-10,16H,4,8H2,1-3H3. The van der Waals surface area contributed by atoms with Crippen molar-refractivity contribution in [3.05, 3.63) is 47.4 Å². The largest absolute Gasteiger partial charge is 0.437 e. The van der Waals surface area contributed by atoms with Crippen LogP contribution in [0.15, 0.2) is 30.6 Å². The molecular formula is C15H19N3O. The van der Waals surface area contributed by atoms with Gasteiger partial charge in [0.15, 0.2) is 0 Å². The van der Waals surface area contributed by atoms with Crippen LogP contribution in [0.3, 0.4) is 0 Å². The van der Waals surface area contributed by atoms with Crippen molar-refractivity contribution in [2.45, 2.75) is 27.3 Å². The highest BCUT2D eigenvalue weighted by atomic mass is 16.5. The monoisotopic (exact) mass is 257 g/mol. The van der Waals surface area contributed by atoms with Crippen molar-refractivity contribution in [1.29, 1.82) is 0 Å². The van der Waals surface area contributed by atoms with Crippen LogP contribution >= 0.6 is 0 Å². The molecule has 4 nitrogen and oxygen atoms in total. The molecule has 100 valence electrons. The summed E-state index contributed by atoms with van der Waals surface area (Å²) in [6.07, 6.45) is 3.38. The number of hydrogen-bond donors (Lipinski definition) is 1. The number of aromatic nitrogens is 2. The second-order valence-electron chi connectivity index (χ2n) is 4.50. The molecule has 2 aromatic rings. The lowest BCUT2D eigenvalue weighted by Crippen LogP contribution is -2.13. The van der Waals surface area contributed by atoms with Gasteiger partial charge in [0, 0.05) is 12.7 Å². The molecule has 1 aromatic carbocycles. The zero-order valence-electron chi connectivity index (χ0n) is 11.6. The zero-order chi connectivity index (χ0) is 13.7. The van der Waals surface area contributed by atoms with Gasteiger partial charge >= 0.3 is 0 Å². The van der Waals surface area contributed by atoms with Gasteiger partial charge in [0.05, 0.1) is 11.9 Å². The summed E-state index contributed by atoms with van der Waals surface area (Å²) in [6, 6.07) is 6.08. The molecule has 1 heterocycles. The highest BCUT2D eigenvalue weighted by Gasteiger charge is 2.04. The van der Waals surface area contributed by atoms with E-state index in [0.29, 0.717) is 12.4 Å². The molecule has 1 N–H and O–H groups in total. The summed E-state index contributed by atoms with van der Waals surface area (Å²) >= 11 is 0. The first-order valence-corrected chi connectivity index (χ1v) is 6.46. The number of ether oxygens (including phenoxy) is 1. The van der Waals surface area contributed by atoms with Gasteiger partial charge < -0.3 is 10.1 Å². The molecule has 0 aliphatic heterocycles. The van der Waals surface area contributed by atoms with Crippen LogP contribution in [0.25, 0.3) is 0 Å². The molecule has 0 bridgehead atoms. The quantitative estimate of drug-likeness (QED) is 0.894. The van der Waals surface area contributed by atoms with Crippen LogP contribution < -0.4 is 10.1 Å². The molecule has 0 saturated heterocycles. The Labute approximate surface area is 113 Å². The van der Waals surface area contributed by atoms with Gasteiger partial charge in [-0.15, -0.1) is 0 Å². The van der Waals surface area contributed by atoms with Crippen LogP contribution in [0.2, 0.25) is 0 Å². The van der Waals surface area contributed by atoms with E-state index in [1.165, 1.54) is 5.56 Å². The summed E-state index contributed by atoms with van der Waals surface area (Å²) in [7, 11) is 0. The van der Waals surface area contributed by atoms with E-state index in [4.69, 9.17) is 4.74 Å². The number of nitrogens with zero attached hydrogens (tertiary/aromatic N) is 2. The van der Waals surface area contributed by atoms with E-state index in [9.17, 15) is 0 Å². The van der Waals surface area contributed by atoms with Crippen LogP contribution in [-0.4, -0.2) is 16.5 Å². The van der Waals surface area contributed by atoms with Crippen LogP contribution in [-0.2, 0) is 6.54 Å². The number of benzene rings is 1. The molecule has 0 spiro atoms. The molecule has 0 radical (unpaired) electrons. The second kappa shape index (κ2) is 6.29. The maximum atomic E-state index is 5.78. The van der Waals surface area contributed by atoms with Crippen molar-refractivity contribution in [2.24, 2.45) is 0 Å². The van der Waals surface area contributed by atoms with Crippen molar-refractivity contribution in [3.8, 4) is 11.6 Å². The minimum Gasteiger partial charge on any atom is -0.437 e. The summed E-state index contributed by atoms with van der Waals surface area (Å²) in [5, 5.41) is 3.22. The summed E-state index contributed by atoms with van der Waals surface area (Å²) in [4.78, 5) is 8.58. The second-order valence-corrected chi connectivity index (χ2v) is 4.50. The Balaban J connectivity index is 2.14. The summed E-state index contributed by atoms with van der Waals surface area (Å²) in [6.45, 7) is 7.76. The Morgan fingerprint density at radius 3 is 2.79 bits per heavy atom. The molecular weight excluding hydrogens is 238 g/mol. The van der Waals surface area contributed by atoms with Crippen LogP contribution in [0.5, 0.6) is 11.6 Å². The van der Waals surface area contributed by atoms with E-state index in [-0.39, 0.29) is 0 Å². The third-order valence-electron chi connectivity index (χ3n) is 2.76. The molecule has 0 saturated carbocycles. The maximum Gasteiger partial charge on any atom is 0.238 e. The van der Waals surface area contributed by atoms with Crippen LogP contribution in [0.1, 0.15) is 23.7 Å². The lowest BCUT2D eigenvalue weighted by Gasteiger charge is -2.09. The molecule has 2 rings (SSSR count). The fourth-order valence-corrected chi connectivity index (χ4v) is 1.80. The predicted octanol–water partition coefficient (Wildman–Crippen LogP) is 3.00. The van der Waals surface area contributed by atoms with E-state index in [0.717, 1.165) is 23.6 Å². The predicted molar refractivity (Wildman–Crippen MR) is 75.4 cm³/mol. The Morgan fingerprint density at radius 1 is 1.21 bits per heavy atom. The minimum atomic E-state index is 0.530.